The van der Waals surface area contributed by atoms with E-state index >= 15 is 0 Å². The van der Waals surface area contributed by atoms with Crippen molar-refractivity contribution in [2.45, 2.75) is 40.2 Å². The Morgan fingerprint density at radius 2 is 2.00 bits per heavy atom. The highest BCUT2D eigenvalue weighted by atomic mass is 16.5. The highest BCUT2D eigenvalue weighted by Gasteiger charge is 2.27. The van der Waals surface area contributed by atoms with E-state index in [1.807, 2.05) is 19.9 Å². The average Bonchev–Trinajstić information content (AvgIpc) is 2.65. The minimum Gasteiger partial charge on any atom is -0.494 e. The normalized spacial score (nSPS) is 15.7. The maximum Gasteiger partial charge on any atom is 0.309 e. The number of aliphatic imine (C=N–C) groups is 1. The molecule has 0 atom stereocenters. The van der Waals surface area contributed by atoms with E-state index in [1.165, 1.54) is 5.56 Å². The lowest BCUT2D eigenvalue weighted by Crippen LogP contribution is -2.46. The fourth-order valence-corrected chi connectivity index (χ4v) is 3.24. The van der Waals surface area contributed by atoms with E-state index in [2.05, 4.69) is 34.3 Å². The second-order valence-electron chi connectivity index (χ2n) is 6.45. The second-order valence-corrected chi connectivity index (χ2v) is 6.45. The summed E-state index contributed by atoms with van der Waals surface area (Å²) in [5.74, 6) is 1.75. The molecule has 0 unspecified atom stereocenters. The van der Waals surface area contributed by atoms with Crippen molar-refractivity contribution in [3.8, 4) is 5.75 Å². The predicted molar refractivity (Wildman–Crippen MR) is 103 cm³/mol. The van der Waals surface area contributed by atoms with Gasteiger partial charge in [-0.3, -0.25) is 9.79 Å². The molecular weight excluding hydrogens is 330 g/mol. The Kier molecular flexibility index (Phi) is 7.75. The zero-order valence-electron chi connectivity index (χ0n) is 16.4. The van der Waals surface area contributed by atoms with Crippen LogP contribution in [0.15, 0.2) is 23.2 Å². The highest BCUT2D eigenvalue weighted by Crippen LogP contribution is 2.20. The Balaban J connectivity index is 1.87. The quantitative estimate of drug-likeness (QED) is 0.479. The number of carbonyl (C=O) groups is 1. The number of piperidine rings is 1. The Morgan fingerprint density at radius 1 is 1.27 bits per heavy atom. The van der Waals surface area contributed by atoms with Crippen molar-refractivity contribution in [1.29, 1.82) is 0 Å². The van der Waals surface area contributed by atoms with Gasteiger partial charge in [-0.15, -0.1) is 0 Å². The Labute approximate surface area is 156 Å². The van der Waals surface area contributed by atoms with Crippen LogP contribution in [0.2, 0.25) is 0 Å². The molecule has 1 aromatic rings. The smallest absolute Gasteiger partial charge is 0.309 e. The molecule has 1 aliphatic rings. The first-order valence-electron chi connectivity index (χ1n) is 9.43. The van der Waals surface area contributed by atoms with Gasteiger partial charge in [0.15, 0.2) is 5.96 Å². The first kappa shape index (κ1) is 20.1. The molecule has 0 aromatic heterocycles. The molecule has 0 saturated carbocycles. The number of nitrogens with zero attached hydrogens (tertiary/aromatic N) is 2. The lowest BCUT2D eigenvalue weighted by molar-refractivity contribution is -0.149. The van der Waals surface area contributed by atoms with Gasteiger partial charge in [-0.1, -0.05) is 12.1 Å². The van der Waals surface area contributed by atoms with Crippen molar-refractivity contribution in [2.75, 3.05) is 33.4 Å². The first-order chi connectivity index (χ1) is 12.6. The number of carbonyl (C=O) groups excluding carboxylic acids is 1. The van der Waals surface area contributed by atoms with Crippen LogP contribution in [-0.4, -0.2) is 50.2 Å². The number of ether oxygens (including phenoxy) is 2. The molecule has 1 heterocycles. The molecular formula is C20H31N3O3. The Hall–Kier alpha value is -2.24. The summed E-state index contributed by atoms with van der Waals surface area (Å²) in [6, 6.07) is 6.23. The van der Waals surface area contributed by atoms with Crippen molar-refractivity contribution in [3.05, 3.63) is 29.3 Å². The van der Waals surface area contributed by atoms with Crippen molar-refractivity contribution >= 4 is 11.9 Å². The van der Waals surface area contributed by atoms with Gasteiger partial charge >= 0.3 is 5.97 Å². The van der Waals surface area contributed by atoms with E-state index in [9.17, 15) is 4.79 Å². The van der Waals surface area contributed by atoms with Gasteiger partial charge in [-0.05, 0) is 50.8 Å². The van der Waals surface area contributed by atoms with Crippen LogP contribution in [0.25, 0.3) is 0 Å². The van der Waals surface area contributed by atoms with Crippen LogP contribution in [0, 0.1) is 12.8 Å². The molecule has 2 rings (SSSR count). The monoisotopic (exact) mass is 361 g/mol. The summed E-state index contributed by atoms with van der Waals surface area (Å²) in [5.41, 5.74) is 2.32. The van der Waals surface area contributed by atoms with Crippen molar-refractivity contribution < 1.29 is 14.3 Å². The summed E-state index contributed by atoms with van der Waals surface area (Å²) in [7, 11) is 1.79. The average molecular weight is 361 g/mol. The van der Waals surface area contributed by atoms with Crippen molar-refractivity contribution in [2.24, 2.45) is 10.9 Å². The molecule has 1 aliphatic heterocycles. The number of benzene rings is 1. The van der Waals surface area contributed by atoms with Gasteiger partial charge in [0.05, 0.1) is 19.1 Å². The van der Waals surface area contributed by atoms with E-state index in [1.54, 1.807) is 7.05 Å². The maximum absolute atomic E-state index is 11.9. The minimum atomic E-state index is -0.0695. The number of guanidine groups is 1. The van der Waals surface area contributed by atoms with E-state index in [-0.39, 0.29) is 11.9 Å². The molecule has 6 heteroatoms. The first-order valence-corrected chi connectivity index (χ1v) is 9.43. The summed E-state index contributed by atoms with van der Waals surface area (Å²) in [4.78, 5) is 18.5. The molecule has 1 N–H and O–H groups in total. The standard InChI is InChI=1S/C20H31N3O3/c1-5-25-18-8-7-16(13-15(18)3)14-22-20(21-4)23-11-9-17(10-12-23)19(24)26-6-2/h7-8,13,17H,5-6,9-12,14H2,1-4H3,(H,21,22). The molecule has 0 aliphatic carbocycles. The van der Waals surface area contributed by atoms with E-state index < -0.39 is 0 Å². The summed E-state index contributed by atoms with van der Waals surface area (Å²) in [6.45, 7) is 9.35. The molecule has 1 saturated heterocycles. The number of nitrogens with one attached hydrogen (secondary N) is 1. The van der Waals surface area contributed by atoms with Crippen molar-refractivity contribution in [1.82, 2.24) is 10.2 Å². The molecule has 1 aromatic carbocycles. The van der Waals surface area contributed by atoms with Gasteiger partial charge in [0.2, 0.25) is 0 Å². The predicted octanol–water partition coefficient (Wildman–Crippen LogP) is 2.74. The topological polar surface area (TPSA) is 63.2 Å². The third-order valence-electron chi connectivity index (χ3n) is 4.62. The van der Waals surface area contributed by atoms with Gasteiger partial charge in [0.1, 0.15) is 5.75 Å². The van der Waals surface area contributed by atoms with Crippen LogP contribution in [0.5, 0.6) is 5.75 Å². The molecule has 26 heavy (non-hydrogen) atoms. The molecule has 0 radical (unpaired) electrons. The zero-order valence-corrected chi connectivity index (χ0v) is 16.4. The van der Waals surface area contributed by atoms with Crippen LogP contribution in [0.1, 0.15) is 37.8 Å². The Morgan fingerprint density at radius 3 is 2.58 bits per heavy atom. The van der Waals surface area contributed by atoms with E-state index in [4.69, 9.17) is 9.47 Å². The number of esters is 1. The number of aryl methyl sites for hydroxylation is 1. The minimum absolute atomic E-state index is 0.0121. The summed E-state index contributed by atoms with van der Waals surface area (Å²) < 4.78 is 10.7. The van der Waals surface area contributed by atoms with Crippen molar-refractivity contribution in [3.63, 3.8) is 0 Å². The fraction of sp³-hybridized carbons (Fsp3) is 0.600. The van der Waals surface area contributed by atoms with Crippen LogP contribution in [0.4, 0.5) is 0 Å². The van der Waals surface area contributed by atoms with Gasteiger partial charge in [0.25, 0.3) is 0 Å². The summed E-state index contributed by atoms with van der Waals surface area (Å²) in [6.07, 6.45) is 1.61. The molecule has 0 bridgehead atoms. The molecule has 1 fully saturated rings. The summed E-state index contributed by atoms with van der Waals surface area (Å²) in [5, 5.41) is 3.42. The molecule has 0 spiro atoms. The van der Waals surface area contributed by atoms with Crippen LogP contribution in [0.3, 0.4) is 0 Å². The largest absolute Gasteiger partial charge is 0.494 e. The number of hydrogen-bond acceptors (Lipinski definition) is 4. The van der Waals surface area contributed by atoms with E-state index in [0.29, 0.717) is 19.8 Å². The third kappa shape index (κ3) is 5.38. The van der Waals surface area contributed by atoms with Crippen LogP contribution in [-0.2, 0) is 16.1 Å². The fourth-order valence-electron chi connectivity index (χ4n) is 3.24. The van der Waals surface area contributed by atoms with E-state index in [0.717, 1.165) is 43.2 Å². The number of rotatable bonds is 6. The van der Waals surface area contributed by atoms with Gasteiger partial charge in [-0.25, -0.2) is 0 Å². The summed E-state index contributed by atoms with van der Waals surface area (Å²) >= 11 is 0. The third-order valence-corrected chi connectivity index (χ3v) is 4.62. The highest BCUT2D eigenvalue weighted by molar-refractivity contribution is 5.80. The molecule has 144 valence electrons. The molecule has 0 amide bonds. The molecule has 6 nitrogen and oxygen atoms in total. The van der Waals surface area contributed by atoms with Gasteiger partial charge < -0.3 is 19.7 Å². The van der Waals surface area contributed by atoms with Gasteiger partial charge in [-0.2, -0.15) is 0 Å². The van der Waals surface area contributed by atoms with Gasteiger partial charge in [0, 0.05) is 26.7 Å². The Bertz CT molecular complexity index is 623. The number of likely N-dealkylation sites (tertiary alicyclic amines) is 1. The lowest BCUT2D eigenvalue weighted by Gasteiger charge is -2.33. The number of hydrogen-bond donors (Lipinski definition) is 1. The SMILES string of the molecule is CCOC(=O)C1CCN(C(=NC)NCc2ccc(OCC)c(C)c2)CC1. The lowest BCUT2D eigenvalue weighted by atomic mass is 9.97. The van der Waals surface area contributed by atoms with Crippen LogP contribution < -0.4 is 10.1 Å². The zero-order chi connectivity index (χ0) is 18.9. The second kappa shape index (κ2) is 10.0. The van der Waals surface area contributed by atoms with Crippen LogP contribution >= 0.6 is 0 Å². The maximum atomic E-state index is 11.9.